The van der Waals surface area contributed by atoms with Crippen LogP contribution in [0.25, 0.3) is 0 Å². The van der Waals surface area contributed by atoms with E-state index in [9.17, 15) is 0 Å². The summed E-state index contributed by atoms with van der Waals surface area (Å²) in [5.74, 6) is 0. The Morgan fingerprint density at radius 3 is 3.00 bits per heavy atom. The monoisotopic (exact) mass is 84.0 g/mol. The zero-order valence-corrected chi connectivity index (χ0v) is 3.33. The number of thiazole rings is 1. The van der Waals surface area contributed by atoms with Crippen molar-refractivity contribution < 1.29 is 0 Å². The predicted octanol–water partition coefficient (Wildman–Crippen LogP) is 0.943. The van der Waals surface area contributed by atoms with E-state index < -0.39 is 0 Å². The fourth-order valence-corrected chi connectivity index (χ4v) is 0.456. The second kappa shape index (κ2) is 1.17. The van der Waals surface area contributed by atoms with Crippen LogP contribution in [0.1, 0.15) is 0 Å². The van der Waals surface area contributed by atoms with Crippen molar-refractivity contribution >= 4 is 11.3 Å². The van der Waals surface area contributed by atoms with Gasteiger partial charge in [0.15, 0.2) is 0 Å². The molecule has 0 aliphatic carbocycles. The Balaban J connectivity index is 3.13. The number of rotatable bonds is 0. The Morgan fingerprint density at radius 1 is 1.80 bits per heavy atom. The molecule has 5 heavy (non-hydrogen) atoms. The van der Waals surface area contributed by atoms with Gasteiger partial charge in [0.05, 0.1) is 0 Å². The van der Waals surface area contributed by atoms with Gasteiger partial charge < -0.3 is 4.98 Å². The third kappa shape index (κ3) is 0.450. The van der Waals surface area contributed by atoms with Crippen LogP contribution in [0.15, 0.2) is 10.9 Å². The molecule has 0 spiro atoms. The fraction of sp³-hybridized carbons (Fsp3) is 0. The average Bonchev–Trinajstić information content (AvgIpc) is 1.76. The van der Waals surface area contributed by atoms with Crippen LogP contribution in [-0.4, -0.2) is 4.98 Å². The van der Waals surface area contributed by atoms with Crippen molar-refractivity contribution in [2.45, 2.75) is 0 Å². The summed E-state index contributed by atoms with van der Waals surface area (Å²) in [6.07, 6.45) is 2.63. The lowest BCUT2D eigenvalue weighted by molar-refractivity contribution is 1.41. The van der Waals surface area contributed by atoms with Crippen molar-refractivity contribution in [3.63, 3.8) is 0 Å². The van der Waals surface area contributed by atoms with Crippen LogP contribution in [0, 0.1) is 6.20 Å². The number of aromatic nitrogens is 1. The van der Waals surface area contributed by atoms with Crippen LogP contribution in [-0.2, 0) is 0 Å². The molecule has 1 rings (SSSR count). The van der Waals surface area contributed by atoms with Gasteiger partial charge in [-0.15, -0.1) is 6.20 Å². The lowest BCUT2D eigenvalue weighted by Gasteiger charge is -1.58. The van der Waals surface area contributed by atoms with Crippen LogP contribution < -0.4 is 0 Å². The maximum Gasteiger partial charge on any atom is -0.0768 e. The van der Waals surface area contributed by atoms with Crippen LogP contribution in [0.2, 0.25) is 0 Å². The van der Waals surface area contributed by atoms with E-state index in [0.717, 1.165) is 0 Å². The molecule has 0 atom stereocenters. The van der Waals surface area contributed by atoms with Gasteiger partial charge in [-0.3, -0.25) is 11.3 Å². The maximum absolute atomic E-state index is 3.62. The summed E-state index contributed by atoms with van der Waals surface area (Å²) in [5.41, 5.74) is 1.74. The SMILES string of the molecule is [c-]1cscn1. The van der Waals surface area contributed by atoms with Crippen molar-refractivity contribution in [1.29, 1.82) is 0 Å². The maximum atomic E-state index is 3.62. The van der Waals surface area contributed by atoms with E-state index >= 15 is 0 Å². The molecule has 2 heteroatoms. The second-order valence-electron chi connectivity index (χ2n) is 0.618. The molecular formula is C3H2NS-. The Kier molecular flexibility index (Phi) is 0.667. The minimum absolute atomic E-state index is 1.55. The van der Waals surface area contributed by atoms with Crippen molar-refractivity contribution in [2.24, 2.45) is 0 Å². The van der Waals surface area contributed by atoms with Gasteiger partial charge in [-0.2, -0.15) is 0 Å². The zero-order chi connectivity index (χ0) is 3.54. The molecule has 1 nitrogen and oxygen atoms in total. The van der Waals surface area contributed by atoms with E-state index in [-0.39, 0.29) is 0 Å². The zero-order valence-electron chi connectivity index (χ0n) is 2.51. The largest absolute Gasteiger partial charge is 0.448 e. The number of nitrogens with zero attached hydrogens (tertiary/aromatic N) is 1. The highest BCUT2D eigenvalue weighted by Crippen LogP contribution is 1.84. The minimum atomic E-state index is 1.55. The van der Waals surface area contributed by atoms with E-state index in [2.05, 4.69) is 11.2 Å². The third-order valence-corrected chi connectivity index (χ3v) is 0.777. The molecule has 1 heterocycles. The first-order valence-corrected chi connectivity index (χ1v) is 2.18. The van der Waals surface area contributed by atoms with E-state index in [0.29, 0.717) is 0 Å². The second-order valence-corrected chi connectivity index (χ2v) is 1.34. The number of hydrogen-bond acceptors (Lipinski definition) is 2. The lowest BCUT2D eigenvalue weighted by atomic mass is 11.0. The van der Waals surface area contributed by atoms with Crippen LogP contribution in [0.4, 0.5) is 0 Å². The summed E-state index contributed by atoms with van der Waals surface area (Å²) in [4.78, 5) is 3.62. The quantitative estimate of drug-likeness (QED) is 0.426. The van der Waals surface area contributed by atoms with E-state index in [1.807, 2.05) is 0 Å². The number of hydrogen-bond donors (Lipinski definition) is 0. The van der Waals surface area contributed by atoms with Crippen molar-refractivity contribution in [3.05, 3.63) is 17.1 Å². The highest BCUT2D eigenvalue weighted by molar-refractivity contribution is 7.07. The summed E-state index contributed by atoms with van der Waals surface area (Å²) in [5, 5.41) is 1.81. The predicted molar refractivity (Wildman–Crippen MR) is 20.9 cm³/mol. The standard InChI is InChI=1S/C3H2NS/c1-2-5-3-4-1/h2-3H/q-1. The van der Waals surface area contributed by atoms with Crippen molar-refractivity contribution in [1.82, 2.24) is 4.98 Å². The third-order valence-electron chi connectivity index (χ3n) is 0.309. The minimum Gasteiger partial charge on any atom is -0.448 e. The summed E-state index contributed by atoms with van der Waals surface area (Å²) in [6.45, 7) is 0. The van der Waals surface area contributed by atoms with E-state index in [4.69, 9.17) is 0 Å². The molecule has 0 N–H and O–H groups in total. The van der Waals surface area contributed by atoms with Gasteiger partial charge in [-0.1, -0.05) is 10.9 Å². The fourth-order valence-electron chi connectivity index (χ4n) is 0.152. The molecule has 0 aromatic carbocycles. The topological polar surface area (TPSA) is 12.9 Å². The molecule has 0 unspecified atom stereocenters. The Morgan fingerprint density at radius 2 is 2.80 bits per heavy atom. The highest BCUT2D eigenvalue weighted by atomic mass is 32.1. The molecule has 0 saturated heterocycles. The van der Waals surface area contributed by atoms with Crippen LogP contribution >= 0.6 is 11.3 Å². The molecule has 0 radical (unpaired) electrons. The summed E-state index contributed by atoms with van der Waals surface area (Å²) in [6, 6.07) is 0. The first-order chi connectivity index (χ1) is 2.50. The smallest absolute Gasteiger partial charge is 0.0768 e. The molecule has 0 aliphatic rings. The van der Waals surface area contributed by atoms with E-state index in [1.165, 1.54) is 0 Å². The summed E-state index contributed by atoms with van der Waals surface area (Å²) < 4.78 is 0. The molecule has 26 valence electrons. The molecule has 0 aliphatic heterocycles. The van der Waals surface area contributed by atoms with Gasteiger partial charge in [-0.05, 0) is 0 Å². The molecule has 0 fully saturated rings. The molecule has 0 saturated carbocycles. The summed E-state index contributed by atoms with van der Waals surface area (Å²) in [7, 11) is 0. The Hall–Kier alpha value is -0.370. The first kappa shape index (κ1) is 2.85. The van der Waals surface area contributed by atoms with Crippen molar-refractivity contribution in [2.75, 3.05) is 0 Å². The summed E-state index contributed by atoms with van der Waals surface area (Å²) >= 11 is 1.55. The first-order valence-electron chi connectivity index (χ1n) is 1.24. The van der Waals surface area contributed by atoms with Crippen LogP contribution in [0.3, 0.4) is 0 Å². The van der Waals surface area contributed by atoms with Gasteiger partial charge in [-0.25, -0.2) is 0 Å². The molecule has 0 amide bonds. The molecule has 0 bridgehead atoms. The Bertz CT molecular complexity index is 63.4. The Labute approximate surface area is 34.3 Å². The highest BCUT2D eigenvalue weighted by Gasteiger charge is 1.44. The molecule has 1 aromatic heterocycles. The van der Waals surface area contributed by atoms with Gasteiger partial charge in [0.2, 0.25) is 0 Å². The molecule has 1 aromatic rings. The normalized spacial score (nSPS) is 8.00. The van der Waals surface area contributed by atoms with Gasteiger partial charge >= 0.3 is 0 Å². The molecular weight excluding hydrogens is 82.1 g/mol. The average molecular weight is 84.1 g/mol. The van der Waals surface area contributed by atoms with Gasteiger partial charge in [0.1, 0.15) is 0 Å². The lowest BCUT2D eigenvalue weighted by Crippen LogP contribution is -1.40. The van der Waals surface area contributed by atoms with Gasteiger partial charge in [0.25, 0.3) is 0 Å². The van der Waals surface area contributed by atoms with Crippen LogP contribution in [0.5, 0.6) is 0 Å². The van der Waals surface area contributed by atoms with Crippen molar-refractivity contribution in [3.8, 4) is 0 Å². The van der Waals surface area contributed by atoms with Gasteiger partial charge in [0, 0.05) is 0 Å². The van der Waals surface area contributed by atoms with E-state index in [1.54, 1.807) is 22.2 Å².